The Morgan fingerprint density at radius 1 is 1.44 bits per heavy atom. The summed E-state index contributed by atoms with van der Waals surface area (Å²) >= 11 is 2.03. The van der Waals surface area contributed by atoms with Crippen molar-refractivity contribution < 1.29 is 18.1 Å². The number of hydrogen-bond donors (Lipinski definition) is 3. The standard InChI is InChI=1S/C17H25N3O3S2/c1-20-10-15(14-6-5-13(8-16(14)21)25(2,22)23)19-17(11-20)18-9-12-4-3-7-24-12/h5-6,8,10,12,15,17-19H,3-4,7,9,11H2,1-2H3/p+1. The van der Waals surface area contributed by atoms with E-state index >= 15 is 0 Å². The third-order valence-corrected chi connectivity index (χ3v) is 7.14. The first-order valence-electron chi connectivity index (χ1n) is 8.52. The van der Waals surface area contributed by atoms with Crippen molar-refractivity contribution in [1.29, 1.82) is 0 Å². The zero-order chi connectivity index (χ0) is 18.0. The number of nitrogens with zero attached hydrogens (tertiary/aromatic N) is 1. The van der Waals surface area contributed by atoms with Gasteiger partial charge in [-0.15, -0.1) is 0 Å². The van der Waals surface area contributed by atoms with Gasteiger partial charge in [0.2, 0.25) is 0 Å². The van der Waals surface area contributed by atoms with Crippen molar-refractivity contribution in [2.24, 2.45) is 0 Å². The molecule has 3 N–H and O–H groups in total. The van der Waals surface area contributed by atoms with Crippen LogP contribution < -0.4 is 10.6 Å². The van der Waals surface area contributed by atoms with E-state index in [2.05, 4.69) is 15.2 Å². The zero-order valence-electron chi connectivity index (χ0n) is 14.6. The van der Waals surface area contributed by atoms with Crippen LogP contribution in [-0.4, -0.2) is 67.9 Å². The summed E-state index contributed by atoms with van der Waals surface area (Å²) in [6, 6.07) is 4.39. The smallest absolute Gasteiger partial charge is 0.175 e. The Hall–Kier alpha value is -1.09. The van der Waals surface area contributed by atoms with E-state index in [9.17, 15) is 13.5 Å². The lowest BCUT2D eigenvalue weighted by Gasteiger charge is -2.27. The zero-order valence-corrected chi connectivity index (χ0v) is 16.2. The molecule has 3 unspecified atom stereocenters. The third kappa shape index (κ3) is 4.75. The van der Waals surface area contributed by atoms with Crippen molar-refractivity contribution in [2.75, 3.05) is 32.1 Å². The number of sulfone groups is 1. The highest BCUT2D eigenvalue weighted by Gasteiger charge is 2.29. The molecule has 1 fully saturated rings. The van der Waals surface area contributed by atoms with E-state index in [1.165, 1.54) is 24.7 Å². The molecule has 2 aliphatic heterocycles. The largest absolute Gasteiger partial charge is 0.508 e. The second-order valence-corrected chi connectivity index (χ2v) is 10.2. The van der Waals surface area contributed by atoms with Crippen LogP contribution in [0.4, 0.5) is 0 Å². The molecule has 25 heavy (non-hydrogen) atoms. The van der Waals surface area contributed by atoms with Crippen LogP contribution in [0.25, 0.3) is 0 Å². The number of phenols is 1. The van der Waals surface area contributed by atoms with Gasteiger partial charge in [-0.05, 0) is 30.7 Å². The molecule has 6 nitrogen and oxygen atoms in total. The van der Waals surface area contributed by atoms with Gasteiger partial charge in [-0.25, -0.2) is 13.0 Å². The van der Waals surface area contributed by atoms with Gasteiger partial charge >= 0.3 is 0 Å². The fraction of sp³-hybridized carbons (Fsp3) is 0.588. The van der Waals surface area contributed by atoms with Crippen molar-refractivity contribution in [3.8, 4) is 5.75 Å². The highest BCUT2D eigenvalue weighted by atomic mass is 32.2. The number of rotatable bonds is 5. The summed E-state index contributed by atoms with van der Waals surface area (Å²) in [4.78, 5) is 0.130. The molecule has 138 valence electrons. The van der Waals surface area contributed by atoms with Crippen LogP contribution >= 0.6 is 11.8 Å². The lowest BCUT2D eigenvalue weighted by Crippen LogP contribution is -2.54. The van der Waals surface area contributed by atoms with E-state index in [0.29, 0.717) is 10.8 Å². The van der Waals surface area contributed by atoms with Gasteiger partial charge in [0.25, 0.3) is 0 Å². The molecule has 0 saturated carbocycles. The summed E-state index contributed by atoms with van der Waals surface area (Å²) in [6.45, 7) is 1.82. The van der Waals surface area contributed by atoms with Crippen LogP contribution in [0.3, 0.4) is 0 Å². The molecule has 0 spiro atoms. The fourth-order valence-electron chi connectivity index (χ4n) is 3.31. The highest BCUT2D eigenvalue weighted by Crippen LogP contribution is 2.28. The molecule has 1 saturated heterocycles. The molecule has 2 heterocycles. The van der Waals surface area contributed by atoms with Gasteiger partial charge in [0.1, 0.15) is 25.0 Å². The van der Waals surface area contributed by atoms with E-state index in [0.717, 1.165) is 19.3 Å². The Morgan fingerprint density at radius 2 is 2.24 bits per heavy atom. The minimum absolute atomic E-state index is 0.00271. The molecular weight excluding hydrogens is 358 g/mol. The maximum absolute atomic E-state index is 11.6. The summed E-state index contributed by atoms with van der Waals surface area (Å²) in [5.74, 6) is 1.25. The first-order valence-corrected chi connectivity index (χ1v) is 11.5. The number of aromatic hydroxyl groups is 1. The Kier molecular flexibility index (Phi) is 5.72. The number of likely N-dealkylation sites (N-methyl/N-ethyl adjacent to an activating group) is 1. The predicted molar refractivity (Wildman–Crippen MR) is 101 cm³/mol. The van der Waals surface area contributed by atoms with Crippen LogP contribution in [0.2, 0.25) is 0 Å². The number of thioether (sulfide) groups is 1. The van der Waals surface area contributed by atoms with E-state index in [-0.39, 0.29) is 22.9 Å². The molecule has 3 rings (SSSR count). The Labute approximate surface area is 153 Å². The van der Waals surface area contributed by atoms with Crippen LogP contribution in [0.5, 0.6) is 5.75 Å². The van der Waals surface area contributed by atoms with Crippen LogP contribution in [0.1, 0.15) is 24.4 Å². The lowest BCUT2D eigenvalue weighted by molar-refractivity contribution is -0.503. The fourth-order valence-corrected chi connectivity index (χ4v) is 5.16. The maximum Gasteiger partial charge on any atom is 0.175 e. The van der Waals surface area contributed by atoms with Gasteiger partial charge in [0.05, 0.1) is 4.90 Å². The SMILES string of the molecule is C[N+]1=CC(c2ccc(S(C)(=O)=O)cc2O)NC(NCC2CCCS2)C1. The molecule has 1 aromatic rings. The summed E-state index contributed by atoms with van der Waals surface area (Å²) in [5.41, 5.74) is 0.681. The molecule has 2 aliphatic rings. The summed E-state index contributed by atoms with van der Waals surface area (Å²) < 4.78 is 25.4. The first-order chi connectivity index (χ1) is 11.8. The minimum Gasteiger partial charge on any atom is -0.508 e. The first kappa shape index (κ1) is 18.7. The molecule has 0 aromatic heterocycles. The minimum atomic E-state index is -3.33. The van der Waals surface area contributed by atoms with E-state index in [1.807, 2.05) is 25.0 Å². The van der Waals surface area contributed by atoms with Gasteiger partial charge in [0.15, 0.2) is 22.6 Å². The van der Waals surface area contributed by atoms with Crippen molar-refractivity contribution >= 4 is 27.8 Å². The van der Waals surface area contributed by atoms with Gasteiger partial charge in [-0.1, -0.05) is 6.07 Å². The molecule has 0 bridgehead atoms. The quantitative estimate of drug-likeness (QED) is 0.656. The average molecular weight is 385 g/mol. The van der Waals surface area contributed by atoms with Gasteiger partial charge in [0, 0.05) is 23.6 Å². The van der Waals surface area contributed by atoms with E-state index < -0.39 is 9.84 Å². The molecular formula is C17H26N3O3S2+. The van der Waals surface area contributed by atoms with Crippen molar-refractivity contribution in [3.63, 3.8) is 0 Å². The van der Waals surface area contributed by atoms with Crippen molar-refractivity contribution in [3.05, 3.63) is 23.8 Å². The van der Waals surface area contributed by atoms with Crippen molar-refractivity contribution in [2.45, 2.75) is 35.2 Å². The monoisotopic (exact) mass is 384 g/mol. The molecule has 8 heteroatoms. The predicted octanol–water partition coefficient (Wildman–Crippen LogP) is 0.964. The Balaban J connectivity index is 1.71. The van der Waals surface area contributed by atoms with Crippen molar-refractivity contribution in [1.82, 2.24) is 10.6 Å². The molecule has 0 aliphatic carbocycles. The second-order valence-electron chi connectivity index (χ2n) is 6.82. The lowest BCUT2D eigenvalue weighted by atomic mass is 10.0. The summed E-state index contributed by atoms with van der Waals surface area (Å²) in [7, 11) is -1.32. The number of nitrogens with one attached hydrogen (secondary N) is 2. The normalized spacial score (nSPS) is 27.3. The average Bonchev–Trinajstić information content (AvgIpc) is 3.05. The topological polar surface area (TPSA) is 81.4 Å². The van der Waals surface area contributed by atoms with Gasteiger partial charge in [-0.2, -0.15) is 11.8 Å². The number of phenolic OH excluding ortho intramolecular Hbond substituents is 1. The molecule has 3 atom stereocenters. The maximum atomic E-state index is 11.6. The number of hydrogen-bond acceptors (Lipinski definition) is 6. The van der Waals surface area contributed by atoms with E-state index in [1.54, 1.807) is 12.1 Å². The van der Waals surface area contributed by atoms with Gasteiger partial charge in [-0.3, -0.25) is 10.6 Å². The van der Waals surface area contributed by atoms with Crippen LogP contribution in [-0.2, 0) is 9.84 Å². The molecule has 1 aromatic carbocycles. The third-order valence-electron chi connectivity index (χ3n) is 4.64. The van der Waals surface area contributed by atoms with E-state index in [4.69, 9.17) is 0 Å². The molecule has 0 radical (unpaired) electrons. The second kappa shape index (κ2) is 7.65. The van der Waals surface area contributed by atoms with Gasteiger partial charge < -0.3 is 5.11 Å². The summed E-state index contributed by atoms with van der Waals surface area (Å²) in [5, 5.41) is 18.1. The molecule has 0 amide bonds. The van der Waals surface area contributed by atoms with Crippen LogP contribution in [0.15, 0.2) is 23.1 Å². The Morgan fingerprint density at radius 3 is 2.88 bits per heavy atom. The Bertz CT molecular complexity index is 758. The number of benzene rings is 1. The van der Waals surface area contributed by atoms with Crippen LogP contribution in [0, 0.1) is 0 Å². The summed E-state index contributed by atoms with van der Waals surface area (Å²) in [6.07, 6.45) is 5.84. The highest BCUT2D eigenvalue weighted by molar-refractivity contribution is 8.00.